The van der Waals surface area contributed by atoms with Crippen LogP contribution in [0.3, 0.4) is 0 Å². The second-order valence-electron chi connectivity index (χ2n) is 4.75. The Balaban J connectivity index is 1.85. The van der Waals surface area contributed by atoms with Gasteiger partial charge in [0, 0.05) is 15.1 Å². The molecule has 1 amide bonds. The molecule has 1 N–H and O–H groups in total. The molecule has 0 atom stereocenters. The van der Waals surface area contributed by atoms with E-state index in [-0.39, 0.29) is 17.1 Å². The quantitative estimate of drug-likeness (QED) is 0.764. The topological polar surface area (TPSA) is 55.4 Å². The van der Waals surface area contributed by atoms with Crippen molar-refractivity contribution in [1.29, 1.82) is 0 Å². The fourth-order valence-corrected chi connectivity index (χ4v) is 2.43. The van der Waals surface area contributed by atoms with Crippen molar-refractivity contribution in [2.45, 2.75) is 6.42 Å². The molecule has 2 aromatic rings. The van der Waals surface area contributed by atoms with E-state index < -0.39 is 24.3 Å². The summed E-state index contributed by atoms with van der Waals surface area (Å²) in [5.41, 5.74) is 0.469. The molecule has 8 heteroatoms. The van der Waals surface area contributed by atoms with Gasteiger partial charge in [0.25, 0.3) is 5.91 Å². The standard InChI is InChI=1S/C16H11Cl3FNO3/c17-10-2-1-9(12(19)6-10)5-16(23)24-8-15(22)21-14-4-3-11(18)7-13(14)20/h1-4,6-7H,5,8H2,(H,21,22). The minimum atomic E-state index is -0.685. The molecule has 0 saturated carbocycles. The third kappa shape index (κ3) is 5.37. The molecule has 2 aromatic carbocycles. The van der Waals surface area contributed by atoms with E-state index in [2.05, 4.69) is 5.32 Å². The summed E-state index contributed by atoms with van der Waals surface area (Å²) < 4.78 is 18.4. The van der Waals surface area contributed by atoms with Gasteiger partial charge in [0.15, 0.2) is 6.61 Å². The predicted molar refractivity (Wildman–Crippen MR) is 91.2 cm³/mol. The fraction of sp³-hybridized carbons (Fsp3) is 0.125. The van der Waals surface area contributed by atoms with Crippen LogP contribution >= 0.6 is 34.8 Å². The Morgan fingerprint density at radius 3 is 2.38 bits per heavy atom. The molecular formula is C16H11Cl3FNO3. The molecule has 0 aliphatic rings. The monoisotopic (exact) mass is 389 g/mol. The summed E-state index contributed by atoms with van der Waals surface area (Å²) in [6, 6.07) is 8.48. The maximum atomic E-state index is 13.5. The van der Waals surface area contributed by atoms with Crippen LogP contribution < -0.4 is 5.32 Å². The number of hydrogen-bond donors (Lipinski definition) is 1. The van der Waals surface area contributed by atoms with Crippen molar-refractivity contribution in [3.05, 3.63) is 62.8 Å². The first-order valence-electron chi connectivity index (χ1n) is 6.69. The van der Waals surface area contributed by atoms with Crippen LogP contribution in [0.15, 0.2) is 36.4 Å². The van der Waals surface area contributed by atoms with Gasteiger partial charge in [-0.2, -0.15) is 0 Å². The highest BCUT2D eigenvalue weighted by Gasteiger charge is 2.12. The Labute approximate surface area is 152 Å². The van der Waals surface area contributed by atoms with Gasteiger partial charge in [-0.3, -0.25) is 9.59 Å². The summed E-state index contributed by atoms with van der Waals surface area (Å²) in [6.07, 6.45) is -0.113. The number of anilines is 1. The largest absolute Gasteiger partial charge is 0.455 e. The van der Waals surface area contributed by atoms with Crippen molar-refractivity contribution in [1.82, 2.24) is 0 Å². The molecule has 0 aliphatic heterocycles. The lowest BCUT2D eigenvalue weighted by Gasteiger charge is -2.08. The number of halogens is 4. The molecule has 126 valence electrons. The van der Waals surface area contributed by atoms with Crippen molar-refractivity contribution in [2.24, 2.45) is 0 Å². The Hall–Kier alpha value is -1.82. The zero-order chi connectivity index (χ0) is 17.7. The lowest BCUT2D eigenvalue weighted by molar-refractivity contribution is -0.146. The van der Waals surface area contributed by atoms with Crippen LogP contribution in [0.4, 0.5) is 10.1 Å². The summed E-state index contributed by atoms with van der Waals surface area (Å²) in [6.45, 7) is -0.549. The molecule has 0 aromatic heterocycles. The van der Waals surface area contributed by atoms with Crippen molar-refractivity contribution >= 4 is 52.4 Å². The number of benzene rings is 2. The van der Waals surface area contributed by atoms with Gasteiger partial charge in [0.05, 0.1) is 12.1 Å². The second kappa shape index (κ2) is 8.33. The molecule has 0 spiro atoms. The van der Waals surface area contributed by atoms with Crippen LogP contribution in [0.5, 0.6) is 0 Å². The van der Waals surface area contributed by atoms with Gasteiger partial charge in [0.2, 0.25) is 0 Å². The molecule has 0 aliphatic carbocycles. The van der Waals surface area contributed by atoms with Gasteiger partial charge in [-0.25, -0.2) is 4.39 Å². The minimum absolute atomic E-state index is 0.0544. The Morgan fingerprint density at radius 1 is 1.04 bits per heavy atom. The number of carbonyl (C=O) groups excluding carboxylic acids is 2. The van der Waals surface area contributed by atoms with Gasteiger partial charge >= 0.3 is 5.97 Å². The highest BCUT2D eigenvalue weighted by Crippen LogP contribution is 2.22. The second-order valence-corrected chi connectivity index (χ2v) is 6.03. The SMILES string of the molecule is O=C(COC(=O)Cc1ccc(Cl)cc1Cl)Nc1ccc(Cl)cc1F. The molecule has 0 radical (unpaired) electrons. The fourth-order valence-electron chi connectivity index (χ4n) is 1.79. The molecule has 0 bridgehead atoms. The Bertz CT molecular complexity index is 718. The van der Waals surface area contributed by atoms with Crippen molar-refractivity contribution < 1.29 is 18.7 Å². The molecule has 0 saturated heterocycles. The Morgan fingerprint density at radius 2 is 1.71 bits per heavy atom. The minimum Gasteiger partial charge on any atom is -0.455 e. The lowest BCUT2D eigenvalue weighted by Crippen LogP contribution is -2.22. The van der Waals surface area contributed by atoms with E-state index in [4.69, 9.17) is 39.5 Å². The summed E-state index contributed by atoms with van der Waals surface area (Å²) in [5.74, 6) is -2.01. The summed E-state index contributed by atoms with van der Waals surface area (Å²) in [7, 11) is 0. The smallest absolute Gasteiger partial charge is 0.310 e. The number of ether oxygens (including phenoxy) is 1. The van der Waals surface area contributed by atoms with Gasteiger partial charge in [-0.15, -0.1) is 0 Å². The normalized spacial score (nSPS) is 10.3. The average Bonchev–Trinajstić information content (AvgIpc) is 2.51. The predicted octanol–water partition coefficient (Wildman–Crippen LogP) is 4.51. The average molecular weight is 391 g/mol. The number of amides is 1. The van der Waals surface area contributed by atoms with E-state index in [1.165, 1.54) is 18.2 Å². The first-order chi connectivity index (χ1) is 11.3. The van der Waals surface area contributed by atoms with E-state index in [1.54, 1.807) is 12.1 Å². The van der Waals surface area contributed by atoms with Gasteiger partial charge < -0.3 is 10.1 Å². The maximum absolute atomic E-state index is 13.5. The zero-order valence-corrected chi connectivity index (χ0v) is 14.4. The maximum Gasteiger partial charge on any atom is 0.310 e. The van der Waals surface area contributed by atoms with E-state index in [0.717, 1.165) is 6.07 Å². The van der Waals surface area contributed by atoms with Gasteiger partial charge in [-0.1, -0.05) is 40.9 Å². The molecular weight excluding hydrogens is 380 g/mol. The van der Waals surface area contributed by atoms with Crippen LogP contribution in [0.1, 0.15) is 5.56 Å². The summed E-state index contributed by atoms with van der Waals surface area (Å²) in [4.78, 5) is 23.4. The van der Waals surface area contributed by atoms with Gasteiger partial charge in [-0.05, 0) is 35.9 Å². The van der Waals surface area contributed by atoms with E-state index in [9.17, 15) is 14.0 Å². The van der Waals surface area contributed by atoms with E-state index in [1.807, 2.05) is 0 Å². The highest BCUT2D eigenvalue weighted by atomic mass is 35.5. The van der Waals surface area contributed by atoms with Gasteiger partial charge in [0.1, 0.15) is 5.82 Å². The van der Waals surface area contributed by atoms with Crippen LogP contribution in [-0.4, -0.2) is 18.5 Å². The number of hydrogen-bond acceptors (Lipinski definition) is 3. The summed E-state index contributed by atoms with van der Waals surface area (Å²) in [5, 5.41) is 3.26. The molecule has 2 rings (SSSR count). The number of nitrogens with one attached hydrogen (secondary N) is 1. The van der Waals surface area contributed by atoms with Crippen molar-refractivity contribution in [2.75, 3.05) is 11.9 Å². The molecule has 0 fully saturated rings. The third-order valence-electron chi connectivity index (χ3n) is 2.92. The molecule has 0 unspecified atom stereocenters. The first kappa shape index (κ1) is 18.5. The van der Waals surface area contributed by atoms with Crippen molar-refractivity contribution in [3.63, 3.8) is 0 Å². The number of carbonyl (C=O) groups is 2. The molecule has 0 heterocycles. The van der Waals surface area contributed by atoms with Crippen molar-refractivity contribution in [3.8, 4) is 0 Å². The lowest BCUT2D eigenvalue weighted by atomic mass is 10.1. The first-order valence-corrected chi connectivity index (χ1v) is 7.83. The zero-order valence-electron chi connectivity index (χ0n) is 12.1. The number of esters is 1. The molecule has 24 heavy (non-hydrogen) atoms. The summed E-state index contributed by atoms with van der Waals surface area (Å²) >= 11 is 17.3. The van der Waals surface area contributed by atoms with Crippen LogP contribution in [0, 0.1) is 5.82 Å². The van der Waals surface area contributed by atoms with Crippen LogP contribution in [0.25, 0.3) is 0 Å². The molecule has 4 nitrogen and oxygen atoms in total. The van der Waals surface area contributed by atoms with E-state index >= 15 is 0 Å². The van der Waals surface area contributed by atoms with Crippen LogP contribution in [-0.2, 0) is 20.7 Å². The number of rotatable bonds is 5. The third-order valence-corrected chi connectivity index (χ3v) is 3.74. The highest BCUT2D eigenvalue weighted by molar-refractivity contribution is 6.35. The van der Waals surface area contributed by atoms with E-state index in [0.29, 0.717) is 15.6 Å². The van der Waals surface area contributed by atoms with Crippen LogP contribution in [0.2, 0.25) is 15.1 Å². The Kier molecular flexibility index (Phi) is 6.43.